The number of benzene rings is 2. The number of hydrogen-bond acceptors (Lipinski definition) is 2. The Balaban J connectivity index is 2.15. The minimum absolute atomic E-state index is 0.262. The van der Waals surface area contributed by atoms with Gasteiger partial charge in [0.25, 0.3) is 0 Å². The Morgan fingerprint density at radius 1 is 1.16 bits per heavy atom. The van der Waals surface area contributed by atoms with Crippen LogP contribution in [-0.2, 0) is 6.54 Å². The van der Waals surface area contributed by atoms with Gasteiger partial charge in [-0.25, -0.2) is 4.39 Å². The molecule has 0 radical (unpaired) electrons. The number of hydrogen-bond donors (Lipinski definition) is 1. The minimum atomic E-state index is -0.332. The summed E-state index contributed by atoms with van der Waals surface area (Å²) in [6, 6.07) is 11.2. The second-order valence-corrected chi connectivity index (χ2v) is 4.74. The molecule has 2 nitrogen and oxygen atoms in total. The van der Waals surface area contributed by atoms with Crippen molar-refractivity contribution < 1.29 is 4.39 Å². The summed E-state index contributed by atoms with van der Waals surface area (Å²) in [5.41, 5.74) is 1.57. The van der Waals surface area contributed by atoms with Gasteiger partial charge in [-0.2, -0.15) is 5.26 Å². The Hall–Kier alpha value is -1.76. The molecule has 1 N–H and O–H groups in total. The Morgan fingerprint density at radius 3 is 2.63 bits per heavy atom. The van der Waals surface area contributed by atoms with Crippen LogP contribution in [0.15, 0.2) is 36.4 Å². The molecule has 5 heteroatoms. The maximum Gasteiger partial charge on any atom is 0.128 e. The van der Waals surface area contributed by atoms with E-state index in [2.05, 4.69) is 5.32 Å². The van der Waals surface area contributed by atoms with Crippen LogP contribution in [0.5, 0.6) is 0 Å². The summed E-state index contributed by atoms with van der Waals surface area (Å²) in [7, 11) is 0. The standard InChI is InChI=1S/C14H9Cl2FN2/c15-11-2-3-13(17)10(6-11)8-19-14-4-1-9(7-18)5-12(14)16/h1-6,19H,8H2. The summed E-state index contributed by atoms with van der Waals surface area (Å²) in [6.45, 7) is 0.262. The van der Waals surface area contributed by atoms with E-state index in [4.69, 9.17) is 28.5 Å². The number of nitriles is 1. The first-order valence-corrected chi connectivity index (χ1v) is 6.23. The monoisotopic (exact) mass is 294 g/mol. The van der Waals surface area contributed by atoms with E-state index in [-0.39, 0.29) is 12.4 Å². The first kappa shape index (κ1) is 13.7. The van der Waals surface area contributed by atoms with Crippen LogP contribution in [0, 0.1) is 17.1 Å². The Kier molecular flexibility index (Phi) is 4.26. The van der Waals surface area contributed by atoms with E-state index in [9.17, 15) is 4.39 Å². The van der Waals surface area contributed by atoms with E-state index in [1.807, 2.05) is 6.07 Å². The highest BCUT2D eigenvalue weighted by Crippen LogP contribution is 2.24. The summed E-state index contributed by atoms with van der Waals surface area (Å²) < 4.78 is 13.5. The van der Waals surface area contributed by atoms with Crippen molar-refractivity contribution in [2.45, 2.75) is 6.54 Å². The quantitative estimate of drug-likeness (QED) is 0.897. The topological polar surface area (TPSA) is 35.8 Å². The smallest absolute Gasteiger partial charge is 0.128 e. The van der Waals surface area contributed by atoms with Gasteiger partial charge < -0.3 is 5.32 Å². The first-order valence-electron chi connectivity index (χ1n) is 5.47. The normalized spacial score (nSPS) is 10.0. The van der Waals surface area contributed by atoms with Gasteiger partial charge in [0.1, 0.15) is 5.82 Å². The summed E-state index contributed by atoms with van der Waals surface area (Å²) in [5.74, 6) is -0.332. The van der Waals surface area contributed by atoms with Gasteiger partial charge in [0.05, 0.1) is 22.3 Å². The molecule has 0 saturated heterocycles. The van der Waals surface area contributed by atoms with Crippen molar-refractivity contribution in [3.05, 3.63) is 63.4 Å². The zero-order valence-corrected chi connectivity index (χ0v) is 11.3. The lowest BCUT2D eigenvalue weighted by molar-refractivity contribution is 0.613. The van der Waals surface area contributed by atoms with Gasteiger partial charge in [0, 0.05) is 17.1 Å². The van der Waals surface area contributed by atoms with Crippen molar-refractivity contribution in [2.24, 2.45) is 0 Å². The summed E-state index contributed by atoms with van der Waals surface area (Å²) in [5, 5.41) is 12.6. The Bertz CT molecular complexity index is 650. The van der Waals surface area contributed by atoms with Crippen molar-refractivity contribution in [1.29, 1.82) is 5.26 Å². The summed E-state index contributed by atoms with van der Waals surface area (Å²) in [4.78, 5) is 0. The van der Waals surface area contributed by atoms with E-state index in [0.717, 1.165) is 0 Å². The fourth-order valence-corrected chi connectivity index (χ4v) is 2.04. The molecule has 0 aliphatic rings. The highest BCUT2D eigenvalue weighted by molar-refractivity contribution is 6.33. The third-order valence-corrected chi connectivity index (χ3v) is 3.12. The molecule has 0 amide bonds. The number of rotatable bonds is 3. The van der Waals surface area contributed by atoms with Crippen molar-refractivity contribution in [2.75, 3.05) is 5.32 Å². The highest BCUT2D eigenvalue weighted by Gasteiger charge is 2.05. The zero-order chi connectivity index (χ0) is 13.8. The molecule has 96 valence electrons. The maximum atomic E-state index is 13.5. The average molecular weight is 295 g/mol. The van der Waals surface area contributed by atoms with Crippen molar-refractivity contribution in [3.8, 4) is 6.07 Å². The van der Waals surface area contributed by atoms with Crippen molar-refractivity contribution in [1.82, 2.24) is 0 Å². The van der Waals surface area contributed by atoms with E-state index in [0.29, 0.717) is 26.9 Å². The predicted molar refractivity (Wildman–Crippen MR) is 74.9 cm³/mol. The molecule has 0 aliphatic carbocycles. The van der Waals surface area contributed by atoms with E-state index < -0.39 is 0 Å². The molecule has 0 unspecified atom stereocenters. The minimum Gasteiger partial charge on any atom is -0.380 e. The molecule has 0 aromatic heterocycles. The second-order valence-electron chi connectivity index (χ2n) is 3.90. The van der Waals surface area contributed by atoms with Crippen LogP contribution in [0.2, 0.25) is 10.0 Å². The Labute approximate surface area is 120 Å². The molecule has 0 spiro atoms. The largest absolute Gasteiger partial charge is 0.380 e. The van der Waals surface area contributed by atoms with Crippen molar-refractivity contribution in [3.63, 3.8) is 0 Å². The molecule has 0 bridgehead atoms. The average Bonchev–Trinajstić information content (AvgIpc) is 2.40. The molecule has 2 aromatic rings. The van der Waals surface area contributed by atoms with Gasteiger partial charge in [-0.3, -0.25) is 0 Å². The molecular formula is C14H9Cl2FN2. The third-order valence-electron chi connectivity index (χ3n) is 2.58. The predicted octanol–water partition coefficient (Wildman–Crippen LogP) is 4.62. The van der Waals surface area contributed by atoms with E-state index in [1.165, 1.54) is 12.1 Å². The molecule has 19 heavy (non-hydrogen) atoms. The van der Waals surface area contributed by atoms with Gasteiger partial charge in [-0.1, -0.05) is 23.2 Å². The summed E-state index contributed by atoms with van der Waals surface area (Å²) >= 11 is 11.8. The third kappa shape index (κ3) is 3.37. The van der Waals surface area contributed by atoms with Crippen LogP contribution in [-0.4, -0.2) is 0 Å². The number of nitrogens with zero attached hydrogens (tertiary/aromatic N) is 1. The van der Waals surface area contributed by atoms with Gasteiger partial charge in [-0.15, -0.1) is 0 Å². The number of nitrogens with one attached hydrogen (secondary N) is 1. The molecule has 0 atom stereocenters. The van der Waals surface area contributed by atoms with E-state index >= 15 is 0 Å². The lowest BCUT2D eigenvalue weighted by Crippen LogP contribution is -2.02. The molecular weight excluding hydrogens is 286 g/mol. The fraction of sp³-hybridized carbons (Fsp3) is 0.0714. The van der Waals surface area contributed by atoms with Crippen LogP contribution in [0.3, 0.4) is 0 Å². The molecule has 0 heterocycles. The van der Waals surface area contributed by atoms with Gasteiger partial charge in [0.2, 0.25) is 0 Å². The molecule has 2 rings (SSSR count). The van der Waals surface area contributed by atoms with Crippen LogP contribution in [0.25, 0.3) is 0 Å². The SMILES string of the molecule is N#Cc1ccc(NCc2cc(Cl)ccc2F)c(Cl)c1. The molecule has 2 aromatic carbocycles. The molecule has 0 fully saturated rings. The van der Waals surface area contributed by atoms with Crippen LogP contribution in [0.4, 0.5) is 10.1 Å². The highest BCUT2D eigenvalue weighted by atomic mass is 35.5. The number of halogens is 3. The molecule has 0 aliphatic heterocycles. The fourth-order valence-electron chi connectivity index (χ4n) is 1.60. The number of anilines is 1. The van der Waals surface area contributed by atoms with E-state index in [1.54, 1.807) is 24.3 Å². The first-order chi connectivity index (χ1) is 9.10. The van der Waals surface area contributed by atoms with Gasteiger partial charge in [0.15, 0.2) is 0 Å². The second kappa shape index (κ2) is 5.92. The lowest BCUT2D eigenvalue weighted by Gasteiger charge is -2.09. The maximum absolute atomic E-state index is 13.5. The van der Waals surface area contributed by atoms with Crippen LogP contribution in [0.1, 0.15) is 11.1 Å². The van der Waals surface area contributed by atoms with Crippen LogP contribution >= 0.6 is 23.2 Å². The van der Waals surface area contributed by atoms with Crippen LogP contribution < -0.4 is 5.32 Å². The van der Waals surface area contributed by atoms with Gasteiger partial charge >= 0.3 is 0 Å². The Morgan fingerprint density at radius 2 is 1.95 bits per heavy atom. The van der Waals surface area contributed by atoms with Crippen molar-refractivity contribution >= 4 is 28.9 Å². The summed E-state index contributed by atoms with van der Waals surface area (Å²) in [6.07, 6.45) is 0. The van der Waals surface area contributed by atoms with Gasteiger partial charge in [-0.05, 0) is 36.4 Å². The zero-order valence-electron chi connectivity index (χ0n) is 9.75. The lowest BCUT2D eigenvalue weighted by atomic mass is 10.2. The molecule has 0 saturated carbocycles.